The molecular weight excluding hydrogens is 258 g/mol. The van der Waals surface area contributed by atoms with Crippen molar-refractivity contribution in [1.82, 2.24) is 0 Å². The highest BCUT2D eigenvalue weighted by molar-refractivity contribution is 6.35. The summed E-state index contributed by atoms with van der Waals surface area (Å²) in [5, 5.41) is 0. The third-order valence-electron chi connectivity index (χ3n) is 1.82. The Balaban J connectivity index is 2.99. The van der Waals surface area contributed by atoms with Gasteiger partial charge in [0.25, 0.3) is 0 Å². The van der Waals surface area contributed by atoms with Gasteiger partial charge in [-0.1, -0.05) is 30.3 Å². The van der Waals surface area contributed by atoms with Crippen molar-refractivity contribution in [2.45, 2.75) is 6.18 Å². The maximum absolute atomic E-state index is 12.3. The van der Waals surface area contributed by atoms with E-state index < -0.39 is 25.2 Å². The lowest BCUT2D eigenvalue weighted by Gasteiger charge is -2.11. The molecule has 0 aromatic heterocycles. The zero-order valence-electron chi connectivity index (χ0n) is 8.75. The molecule has 1 rings (SSSR count). The molecule has 8 heteroatoms. The quantitative estimate of drug-likeness (QED) is 0.274. The maximum Gasteiger partial charge on any atom is 0.796 e. The van der Waals surface area contributed by atoms with Gasteiger partial charge >= 0.3 is 13.6 Å². The predicted molar refractivity (Wildman–Crippen MR) is 54.0 cm³/mol. The molecule has 0 radical (unpaired) electrons. The number of ketones is 1. The summed E-state index contributed by atoms with van der Waals surface area (Å²) in [4.78, 5) is 11.4. The lowest BCUT2D eigenvalue weighted by atomic mass is 10.1. The summed E-state index contributed by atoms with van der Waals surface area (Å²) < 4.78 is 63.7. The molecule has 0 amide bonds. The number of rotatable bonds is 4. The molecule has 1 aromatic carbocycles. The van der Waals surface area contributed by atoms with Crippen molar-refractivity contribution in [3.8, 4) is 0 Å². The summed E-state index contributed by atoms with van der Waals surface area (Å²) in [5.41, 5.74) is -0.0582. The predicted octanol–water partition coefficient (Wildman–Crippen LogP) is 3.26. The number of allylic oxidation sites excluding steroid dienone is 2. The molecule has 0 saturated heterocycles. The van der Waals surface area contributed by atoms with E-state index in [2.05, 4.69) is 4.65 Å². The first-order valence-corrected chi connectivity index (χ1v) is 4.64. The van der Waals surface area contributed by atoms with E-state index in [0.717, 1.165) is 0 Å². The van der Waals surface area contributed by atoms with Crippen molar-refractivity contribution < 1.29 is 31.3 Å². The second-order valence-electron chi connectivity index (χ2n) is 3.12. The third-order valence-corrected chi connectivity index (χ3v) is 1.82. The number of halogens is 5. The number of hydrogen-bond donors (Lipinski definition) is 0. The highest BCUT2D eigenvalue weighted by Crippen LogP contribution is 2.27. The smallest absolute Gasteiger partial charge is 0.501 e. The van der Waals surface area contributed by atoms with Gasteiger partial charge in [-0.2, -0.15) is 13.2 Å². The van der Waals surface area contributed by atoms with Crippen LogP contribution in [0.1, 0.15) is 10.4 Å². The van der Waals surface area contributed by atoms with E-state index in [1.165, 1.54) is 24.3 Å². The standard InChI is InChI=1S/C10H6BF5O2/c12-10(13,14)9(18-11(15)16)6-8(17)7-4-2-1-3-5-7/h1-6H/b9-6-. The largest absolute Gasteiger partial charge is 0.796 e. The Kier molecular flexibility index (Phi) is 4.46. The average molecular weight is 264 g/mol. The maximum atomic E-state index is 12.3. The van der Waals surface area contributed by atoms with E-state index in [9.17, 15) is 26.6 Å². The Hall–Kier alpha value is -1.86. The lowest BCUT2D eigenvalue weighted by molar-refractivity contribution is -0.119. The molecule has 0 bridgehead atoms. The van der Waals surface area contributed by atoms with Crippen LogP contribution < -0.4 is 0 Å². The monoisotopic (exact) mass is 264 g/mol. The number of hydrogen-bond acceptors (Lipinski definition) is 2. The molecule has 0 N–H and O–H groups in total. The Labute approximate surface area is 99.3 Å². The topological polar surface area (TPSA) is 26.3 Å². The van der Waals surface area contributed by atoms with Crippen LogP contribution in [0.15, 0.2) is 42.2 Å². The van der Waals surface area contributed by atoms with Crippen molar-refractivity contribution in [1.29, 1.82) is 0 Å². The molecule has 0 aliphatic carbocycles. The summed E-state index contributed by atoms with van der Waals surface area (Å²) in [6.07, 6.45) is -5.15. The molecule has 1 aromatic rings. The molecule has 0 spiro atoms. The van der Waals surface area contributed by atoms with Gasteiger partial charge < -0.3 is 4.65 Å². The van der Waals surface area contributed by atoms with Crippen molar-refractivity contribution in [2.24, 2.45) is 0 Å². The summed E-state index contributed by atoms with van der Waals surface area (Å²) in [7, 11) is -3.65. The first-order valence-electron chi connectivity index (χ1n) is 4.64. The van der Waals surface area contributed by atoms with Crippen LogP contribution in [0.2, 0.25) is 0 Å². The number of carbonyl (C=O) groups is 1. The van der Waals surface area contributed by atoms with Crippen LogP contribution in [-0.4, -0.2) is 19.4 Å². The van der Waals surface area contributed by atoms with Gasteiger partial charge in [0.2, 0.25) is 0 Å². The van der Waals surface area contributed by atoms with E-state index in [4.69, 9.17) is 0 Å². The Morgan fingerprint density at radius 2 is 1.72 bits per heavy atom. The molecule has 18 heavy (non-hydrogen) atoms. The molecule has 96 valence electrons. The van der Waals surface area contributed by atoms with Crippen LogP contribution in [0.5, 0.6) is 0 Å². The van der Waals surface area contributed by atoms with E-state index in [0.29, 0.717) is 0 Å². The zero-order chi connectivity index (χ0) is 13.8. The summed E-state index contributed by atoms with van der Waals surface area (Å²) in [6.45, 7) is 0. The fraction of sp³-hybridized carbons (Fsp3) is 0.100. The van der Waals surface area contributed by atoms with Crippen LogP contribution in [0, 0.1) is 0 Å². The van der Waals surface area contributed by atoms with Gasteiger partial charge in [-0.25, -0.2) is 8.63 Å². The SMILES string of the molecule is O=C(/C=C(\OB(F)F)C(F)(F)F)c1ccccc1. The van der Waals surface area contributed by atoms with Gasteiger partial charge in [0.1, 0.15) is 0 Å². The van der Waals surface area contributed by atoms with Crippen LogP contribution >= 0.6 is 0 Å². The van der Waals surface area contributed by atoms with Crippen molar-refractivity contribution >= 4 is 13.3 Å². The van der Waals surface area contributed by atoms with Gasteiger partial charge in [0.15, 0.2) is 11.5 Å². The Morgan fingerprint density at radius 1 is 1.17 bits per heavy atom. The average Bonchev–Trinajstić information content (AvgIpc) is 2.27. The summed E-state index contributed by atoms with van der Waals surface area (Å²) in [6, 6.07) is 6.94. The Morgan fingerprint density at radius 3 is 2.17 bits per heavy atom. The van der Waals surface area contributed by atoms with Gasteiger partial charge in [-0.05, 0) is 0 Å². The van der Waals surface area contributed by atoms with Crippen molar-refractivity contribution in [3.05, 3.63) is 47.7 Å². The molecule has 0 heterocycles. The molecule has 0 saturated carbocycles. The van der Waals surface area contributed by atoms with Gasteiger partial charge in [0, 0.05) is 11.6 Å². The molecule has 0 aliphatic rings. The minimum Gasteiger partial charge on any atom is -0.501 e. The zero-order valence-corrected chi connectivity index (χ0v) is 8.75. The highest BCUT2D eigenvalue weighted by Gasteiger charge is 2.40. The number of alkyl halides is 3. The number of benzene rings is 1. The first kappa shape index (κ1) is 14.2. The van der Waals surface area contributed by atoms with Gasteiger partial charge in [0.05, 0.1) is 0 Å². The summed E-state index contributed by atoms with van der Waals surface area (Å²) in [5.74, 6) is -3.09. The lowest BCUT2D eigenvalue weighted by Crippen LogP contribution is -2.20. The van der Waals surface area contributed by atoms with E-state index in [1.54, 1.807) is 6.07 Å². The fourth-order valence-corrected chi connectivity index (χ4v) is 1.08. The molecule has 0 aliphatic heterocycles. The van der Waals surface area contributed by atoms with Crippen LogP contribution in [-0.2, 0) is 4.65 Å². The molecule has 0 unspecified atom stereocenters. The fourth-order valence-electron chi connectivity index (χ4n) is 1.08. The number of carbonyl (C=O) groups excluding carboxylic acids is 1. The highest BCUT2D eigenvalue weighted by atomic mass is 19.4. The third kappa shape index (κ3) is 4.19. The van der Waals surface area contributed by atoms with Crippen LogP contribution in [0.4, 0.5) is 21.8 Å². The first-order chi connectivity index (χ1) is 8.30. The van der Waals surface area contributed by atoms with Gasteiger partial charge in [-0.3, -0.25) is 4.79 Å². The van der Waals surface area contributed by atoms with Crippen molar-refractivity contribution in [2.75, 3.05) is 0 Å². The Bertz CT molecular complexity index is 441. The van der Waals surface area contributed by atoms with Crippen molar-refractivity contribution in [3.63, 3.8) is 0 Å². The molecule has 0 fully saturated rings. The van der Waals surface area contributed by atoms with E-state index in [1.807, 2.05) is 0 Å². The minimum absolute atomic E-state index is 0.00148. The van der Waals surface area contributed by atoms with E-state index in [-0.39, 0.29) is 11.6 Å². The second kappa shape index (κ2) is 5.66. The van der Waals surface area contributed by atoms with Crippen LogP contribution in [0.3, 0.4) is 0 Å². The van der Waals surface area contributed by atoms with E-state index >= 15 is 0 Å². The normalized spacial score (nSPS) is 12.2. The summed E-state index contributed by atoms with van der Waals surface area (Å²) >= 11 is 0. The minimum atomic E-state index is -5.15. The molecule has 2 nitrogen and oxygen atoms in total. The van der Waals surface area contributed by atoms with Crippen LogP contribution in [0.25, 0.3) is 0 Å². The molecule has 0 atom stereocenters. The van der Waals surface area contributed by atoms with Gasteiger partial charge in [-0.15, -0.1) is 0 Å². The second-order valence-corrected chi connectivity index (χ2v) is 3.12. The molecular formula is C10H6BF5O2.